The number of ether oxygens (including phenoxy) is 2. The number of carbonyl (C=O) groups excluding carboxylic acids is 1. The van der Waals surface area contributed by atoms with Crippen molar-refractivity contribution < 1.29 is 14.3 Å². The first-order valence-electron chi connectivity index (χ1n) is 10.7. The van der Waals surface area contributed by atoms with Crippen LogP contribution in [0.2, 0.25) is 0 Å². The Kier molecular flexibility index (Phi) is 7.69. The molecule has 1 aliphatic rings. The van der Waals surface area contributed by atoms with Crippen LogP contribution in [0.4, 0.5) is 0 Å². The van der Waals surface area contributed by atoms with Crippen LogP contribution in [0.25, 0.3) is 0 Å². The van der Waals surface area contributed by atoms with Crippen LogP contribution >= 0.6 is 12.2 Å². The Morgan fingerprint density at radius 2 is 1.84 bits per heavy atom. The number of Topliss-reactive ketones (excluding diaryl/α,β-unsaturated/α-hetero) is 1. The van der Waals surface area contributed by atoms with Crippen LogP contribution < -0.4 is 14.8 Å². The lowest BCUT2D eigenvalue weighted by atomic mass is 9.89. The molecule has 0 aliphatic carbocycles. The van der Waals surface area contributed by atoms with E-state index in [4.69, 9.17) is 21.7 Å². The summed E-state index contributed by atoms with van der Waals surface area (Å²) in [6.45, 7) is 7.47. The predicted molar refractivity (Wildman–Crippen MR) is 128 cm³/mol. The number of methoxy groups -OCH3 is 1. The SMILES string of the molecule is CCCOc1cc(C2NC(=S)N(CCC)C(C)=C2C(=O)c2ccccc2)ccc1OC. The van der Waals surface area contributed by atoms with E-state index in [1.165, 1.54) is 0 Å². The normalized spacial score (nSPS) is 16.2. The predicted octanol–water partition coefficient (Wildman–Crippen LogP) is 5.28. The standard InChI is InChI=1S/C25H30N2O3S/c1-5-14-27-17(3)22(24(28)18-10-8-7-9-11-18)23(26-25(27)31)19-12-13-20(29-4)21(16-19)30-15-6-2/h7-13,16,23H,5-6,14-15H2,1-4H3,(H,26,31). The highest BCUT2D eigenvalue weighted by Crippen LogP contribution is 2.37. The first-order valence-corrected chi connectivity index (χ1v) is 11.1. The van der Waals surface area contributed by atoms with Gasteiger partial charge < -0.3 is 19.7 Å². The molecule has 5 nitrogen and oxygen atoms in total. The van der Waals surface area contributed by atoms with Crippen molar-refractivity contribution in [3.63, 3.8) is 0 Å². The average molecular weight is 439 g/mol. The lowest BCUT2D eigenvalue weighted by Crippen LogP contribution is -2.47. The molecule has 0 saturated heterocycles. The fourth-order valence-electron chi connectivity index (χ4n) is 3.76. The first kappa shape index (κ1) is 22.8. The molecule has 0 fully saturated rings. The van der Waals surface area contributed by atoms with Gasteiger partial charge >= 0.3 is 0 Å². The zero-order valence-electron chi connectivity index (χ0n) is 18.6. The third-order valence-electron chi connectivity index (χ3n) is 5.31. The second-order valence-corrected chi connectivity index (χ2v) is 7.87. The fourth-order valence-corrected chi connectivity index (χ4v) is 4.11. The van der Waals surface area contributed by atoms with Crippen molar-refractivity contribution in [2.75, 3.05) is 20.3 Å². The van der Waals surface area contributed by atoms with Crippen molar-refractivity contribution >= 4 is 23.1 Å². The van der Waals surface area contributed by atoms with Gasteiger partial charge in [0, 0.05) is 23.4 Å². The molecule has 2 aromatic rings. The van der Waals surface area contributed by atoms with Crippen LogP contribution in [-0.2, 0) is 0 Å². The average Bonchev–Trinajstić information content (AvgIpc) is 2.80. The molecular formula is C25H30N2O3S. The Hall–Kier alpha value is -2.86. The molecule has 1 atom stereocenters. The molecule has 0 aromatic heterocycles. The summed E-state index contributed by atoms with van der Waals surface area (Å²) in [6, 6.07) is 14.8. The van der Waals surface area contributed by atoms with Crippen LogP contribution in [0.15, 0.2) is 59.8 Å². The summed E-state index contributed by atoms with van der Waals surface area (Å²) in [7, 11) is 1.62. The highest BCUT2D eigenvalue weighted by Gasteiger charge is 2.34. The minimum absolute atomic E-state index is 0.00829. The Balaban J connectivity index is 2.11. The molecule has 31 heavy (non-hydrogen) atoms. The van der Waals surface area contributed by atoms with Gasteiger partial charge in [-0.05, 0) is 49.7 Å². The lowest BCUT2D eigenvalue weighted by Gasteiger charge is -2.38. The van der Waals surface area contributed by atoms with E-state index in [-0.39, 0.29) is 11.8 Å². The molecule has 1 N–H and O–H groups in total. The summed E-state index contributed by atoms with van der Waals surface area (Å²) in [6.07, 6.45) is 1.82. The van der Waals surface area contributed by atoms with Gasteiger partial charge in [0.25, 0.3) is 0 Å². The van der Waals surface area contributed by atoms with Gasteiger partial charge in [-0.25, -0.2) is 0 Å². The van der Waals surface area contributed by atoms with Crippen molar-refractivity contribution in [3.05, 3.63) is 70.9 Å². The molecule has 0 spiro atoms. The first-order chi connectivity index (χ1) is 15.0. The van der Waals surface area contributed by atoms with Gasteiger partial charge in [0.05, 0.1) is 19.8 Å². The third kappa shape index (κ3) is 4.90. The van der Waals surface area contributed by atoms with E-state index in [9.17, 15) is 4.79 Å². The number of benzene rings is 2. The van der Waals surface area contributed by atoms with Crippen molar-refractivity contribution in [2.45, 2.75) is 39.7 Å². The van der Waals surface area contributed by atoms with Gasteiger partial charge in [-0.2, -0.15) is 0 Å². The van der Waals surface area contributed by atoms with Crippen LogP contribution in [0.5, 0.6) is 11.5 Å². The zero-order chi connectivity index (χ0) is 22.4. The molecule has 0 bridgehead atoms. The van der Waals surface area contributed by atoms with E-state index in [0.717, 1.165) is 30.6 Å². The molecule has 0 saturated carbocycles. The summed E-state index contributed by atoms with van der Waals surface area (Å²) in [4.78, 5) is 15.6. The van der Waals surface area contributed by atoms with E-state index in [0.29, 0.717) is 34.4 Å². The highest BCUT2D eigenvalue weighted by atomic mass is 32.1. The minimum Gasteiger partial charge on any atom is -0.493 e. The topological polar surface area (TPSA) is 50.8 Å². The highest BCUT2D eigenvalue weighted by molar-refractivity contribution is 7.80. The molecule has 1 unspecified atom stereocenters. The summed E-state index contributed by atoms with van der Waals surface area (Å²) >= 11 is 5.67. The van der Waals surface area contributed by atoms with E-state index >= 15 is 0 Å². The summed E-state index contributed by atoms with van der Waals surface area (Å²) in [5, 5.41) is 4.03. The molecule has 0 amide bonds. The number of nitrogens with zero attached hydrogens (tertiary/aromatic N) is 1. The number of nitrogens with one attached hydrogen (secondary N) is 1. The van der Waals surface area contributed by atoms with Gasteiger partial charge in [-0.3, -0.25) is 4.79 Å². The minimum atomic E-state index is -0.372. The van der Waals surface area contributed by atoms with Crippen molar-refractivity contribution in [1.29, 1.82) is 0 Å². The smallest absolute Gasteiger partial charge is 0.193 e. The summed E-state index contributed by atoms with van der Waals surface area (Å²) < 4.78 is 11.4. The monoisotopic (exact) mass is 438 g/mol. The summed E-state index contributed by atoms with van der Waals surface area (Å²) in [5.74, 6) is 1.32. The van der Waals surface area contributed by atoms with Gasteiger partial charge in [-0.1, -0.05) is 50.2 Å². The van der Waals surface area contributed by atoms with Crippen molar-refractivity contribution in [3.8, 4) is 11.5 Å². The molecule has 3 rings (SSSR count). The van der Waals surface area contributed by atoms with Crippen LogP contribution in [0.3, 0.4) is 0 Å². The Morgan fingerprint density at radius 3 is 2.48 bits per heavy atom. The number of thiocarbonyl (C=S) groups is 1. The Labute approximate surface area is 190 Å². The Bertz CT molecular complexity index is 972. The van der Waals surface area contributed by atoms with Crippen molar-refractivity contribution in [2.24, 2.45) is 0 Å². The molecule has 1 heterocycles. The van der Waals surface area contributed by atoms with Gasteiger partial charge in [0.1, 0.15) is 0 Å². The molecule has 2 aromatic carbocycles. The molecule has 0 radical (unpaired) electrons. The van der Waals surface area contributed by atoms with Gasteiger partial charge in [0.15, 0.2) is 22.4 Å². The molecule has 6 heteroatoms. The second-order valence-electron chi connectivity index (χ2n) is 7.49. The number of rotatable bonds is 9. The number of ketones is 1. The van der Waals surface area contributed by atoms with E-state index in [2.05, 4.69) is 19.2 Å². The van der Waals surface area contributed by atoms with E-state index in [1.54, 1.807) is 7.11 Å². The largest absolute Gasteiger partial charge is 0.493 e. The number of carbonyl (C=O) groups is 1. The molecule has 1 aliphatic heterocycles. The van der Waals surface area contributed by atoms with E-state index < -0.39 is 0 Å². The second kappa shape index (κ2) is 10.4. The van der Waals surface area contributed by atoms with Gasteiger partial charge in [-0.15, -0.1) is 0 Å². The van der Waals surface area contributed by atoms with Crippen molar-refractivity contribution in [1.82, 2.24) is 10.2 Å². The van der Waals surface area contributed by atoms with Crippen LogP contribution in [-0.4, -0.2) is 36.1 Å². The maximum atomic E-state index is 13.6. The zero-order valence-corrected chi connectivity index (χ0v) is 19.4. The molecular weight excluding hydrogens is 408 g/mol. The fraction of sp³-hybridized carbons (Fsp3) is 0.360. The maximum Gasteiger partial charge on any atom is 0.193 e. The number of hydrogen-bond acceptors (Lipinski definition) is 4. The van der Waals surface area contributed by atoms with Crippen LogP contribution in [0.1, 0.15) is 55.6 Å². The number of hydrogen-bond donors (Lipinski definition) is 1. The number of allylic oxidation sites excluding steroid dienone is 1. The lowest BCUT2D eigenvalue weighted by molar-refractivity contribution is 0.102. The maximum absolute atomic E-state index is 13.6. The van der Waals surface area contributed by atoms with Crippen LogP contribution in [0, 0.1) is 0 Å². The Morgan fingerprint density at radius 1 is 1.10 bits per heavy atom. The van der Waals surface area contributed by atoms with E-state index in [1.807, 2.05) is 60.4 Å². The molecule has 164 valence electrons. The quantitative estimate of drug-likeness (QED) is 0.425. The third-order valence-corrected chi connectivity index (χ3v) is 5.65. The summed E-state index contributed by atoms with van der Waals surface area (Å²) in [5.41, 5.74) is 3.14. The van der Waals surface area contributed by atoms with Gasteiger partial charge in [0.2, 0.25) is 0 Å².